The Labute approximate surface area is 81.0 Å². The second-order valence-electron chi connectivity index (χ2n) is 3.96. The third-order valence-electron chi connectivity index (χ3n) is 3.35. The van der Waals surface area contributed by atoms with Gasteiger partial charge in [-0.3, -0.25) is 11.3 Å². The first-order valence-electron chi connectivity index (χ1n) is 5.30. The molecule has 1 aliphatic rings. The summed E-state index contributed by atoms with van der Waals surface area (Å²) in [5.41, 5.74) is 2.89. The van der Waals surface area contributed by atoms with Crippen LogP contribution in [0.4, 0.5) is 0 Å². The number of rotatable bonds is 4. The third-order valence-corrected chi connectivity index (χ3v) is 3.35. The van der Waals surface area contributed by atoms with E-state index in [1.165, 1.54) is 19.3 Å². The first kappa shape index (κ1) is 11.0. The molecule has 1 aliphatic carbocycles. The molecule has 0 spiro atoms. The number of hydrazine groups is 1. The van der Waals surface area contributed by atoms with Gasteiger partial charge >= 0.3 is 0 Å². The lowest BCUT2D eigenvalue weighted by molar-refractivity contribution is -0.0682. The zero-order valence-electron chi connectivity index (χ0n) is 8.81. The quantitative estimate of drug-likeness (QED) is 0.517. The van der Waals surface area contributed by atoms with E-state index in [0.29, 0.717) is 6.04 Å². The molecular formula is C10H22N2O. The number of hydrogen-bond donors (Lipinski definition) is 2. The Bertz CT molecular complexity index is 140. The minimum atomic E-state index is 0.00174. The summed E-state index contributed by atoms with van der Waals surface area (Å²) in [6.07, 6.45) is 7.20. The van der Waals surface area contributed by atoms with Crippen LogP contribution in [0.2, 0.25) is 0 Å². The molecule has 1 unspecified atom stereocenters. The number of nitrogens with one attached hydrogen (secondary N) is 1. The van der Waals surface area contributed by atoms with Gasteiger partial charge in [-0.15, -0.1) is 0 Å². The Morgan fingerprint density at radius 2 is 2.00 bits per heavy atom. The van der Waals surface area contributed by atoms with Gasteiger partial charge in [0, 0.05) is 13.2 Å². The zero-order chi connectivity index (χ0) is 9.73. The molecule has 0 amide bonds. The van der Waals surface area contributed by atoms with Crippen LogP contribution in [0.5, 0.6) is 0 Å². The lowest BCUT2D eigenvalue weighted by atomic mass is 9.78. The molecule has 1 rings (SSSR count). The summed E-state index contributed by atoms with van der Waals surface area (Å²) in [4.78, 5) is 0. The Hall–Kier alpha value is -0.120. The normalized spacial score (nSPS) is 24.2. The highest BCUT2D eigenvalue weighted by Gasteiger charge is 2.38. The standard InChI is InChI=1S/C10H22N2O/c1-3-9(12-11)10(13-2)7-5-4-6-8-10/h9,12H,3-8,11H2,1-2H3. The van der Waals surface area contributed by atoms with Gasteiger partial charge < -0.3 is 4.74 Å². The second kappa shape index (κ2) is 4.94. The van der Waals surface area contributed by atoms with Gasteiger partial charge in [0.25, 0.3) is 0 Å². The van der Waals surface area contributed by atoms with Gasteiger partial charge in [-0.25, -0.2) is 0 Å². The molecule has 1 atom stereocenters. The van der Waals surface area contributed by atoms with E-state index in [4.69, 9.17) is 10.6 Å². The van der Waals surface area contributed by atoms with Gasteiger partial charge in [0.1, 0.15) is 0 Å². The first-order chi connectivity index (χ1) is 6.29. The van der Waals surface area contributed by atoms with E-state index >= 15 is 0 Å². The summed E-state index contributed by atoms with van der Waals surface area (Å²) in [6, 6.07) is 0.304. The van der Waals surface area contributed by atoms with Gasteiger partial charge in [0.05, 0.1) is 5.60 Å². The van der Waals surface area contributed by atoms with Gasteiger partial charge in [-0.05, 0) is 19.3 Å². The maximum atomic E-state index is 5.68. The number of nitrogens with two attached hydrogens (primary N) is 1. The van der Waals surface area contributed by atoms with Crippen LogP contribution in [0, 0.1) is 0 Å². The van der Waals surface area contributed by atoms with Crippen LogP contribution in [0.15, 0.2) is 0 Å². The van der Waals surface area contributed by atoms with Crippen LogP contribution in [-0.2, 0) is 4.74 Å². The van der Waals surface area contributed by atoms with E-state index in [-0.39, 0.29) is 5.60 Å². The Morgan fingerprint density at radius 1 is 1.38 bits per heavy atom. The van der Waals surface area contributed by atoms with Gasteiger partial charge in [-0.1, -0.05) is 26.2 Å². The summed E-state index contributed by atoms with van der Waals surface area (Å²) >= 11 is 0. The van der Waals surface area contributed by atoms with Crippen LogP contribution in [0.1, 0.15) is 45.4 Å². The van der Waals surface area contributed by atoms with Crippen molar-refractivity contribution >= 4 is 0 Å². The van der Waals surface area contributed by atoms with Crippen LogP contribution in [0.3, 0.4) is 0 Å². The Balaban J connectivity index is 2.64. The molecule has 0 aromatic heterocycles. The van der Waals surface area contributed by atoms with Crippen molar-refractivity contribution in [1.29, 1.82) is 0 Å². The second-order valence-corrected chi connectivity index (χ2v) is 3.96. The number of hydrogen-bond acceptors (Lipinski definition) is 3. The maximum absolute atomic E-state index is 5.68. The van der Waals surface area contributed by atoms with Crippen LogP contribution >= 0.6 is 0 Å². The van der Waals surface area contributed by atoms with E-state index in [1.807, 2.05) is 7.11 Å². The van der Waals surface area contributed by atoms with Crippen molar-refractivity contribution in [1.82, 2.24) is 5.43 Å². The molecular weight excluding hydrogens is 164 g/mol. The third kappa shape index (κ3) is 2.22. The fraction of sp³-hybridized carbons (Fsp3) is 1.00. The van der Waals surface area contributed by atoms with Crippen molar-refractivity contribution in [2.24, 2.45) is 5.84 Å². The predicted molar refractivity (Wildman–Crippen MR) is 54.2 cm³/mol. The lowest BCUT2D eigenvalue weighted by Crippen LogP contribution is -2.55. The summed E-state index contributed by atoms with van der Waals surface area (Å²) in [5, 5.41) is 0. The predicted octanol–water partition coefficient (Wildman–Crippen LogP) is 1.58. The topological polar surface area (TPSA) is 47.3 Å². The zero-order valence-corrected chi connectivity index (χ0v) is 8.81. The highest BCUT2D eigenvalue weighted by Crippen LogP contribution is 2.34. The van der Waals surface area contributed by atoms with Gasteiger partial charge in [0.15, 0.2) is 0 Å². The fourth-order valence-electron chi connectivity index (χ4n) is 2.49. The van der Waals surface area contributed by atoms with E-state index < -0.39 is 0 Å². The minimum Gasteiger partial charge on any atom is -0.377 e. The fourth-order valence-corrected chi connectivity index (χ4v) is 2.49. The van der Waals surface area contributed by atoms with E-state index in [1.54, 1.807) is 0 Å². The largest absolute Gasteiger partial charge is 0.377 e. The average molecular weight is 186 g/mol. The maximum Gasteiger partial charge on any atom is 0.0844 e. The molecule has 0 saturated heterocycles. The first-order valence-corrected chi connectivity index (χ1v) is 5.30. The molecule has 3 nitrogen and oxygen atoms in total. The summed E-state index contributed by atoms with van der Waals surface area (Å²) in [6.45, 7) is 2.15. The molecule has 3 N–H and O–H groups in total. The van der Waals surface area contributed by atoms with Crippen LogP contribution in [-0.4, -0.2) is 18.8 Å². The summed E-state index contributed by atoms with van der Waals surface area (Å²) < 4.78 is 5.68. The van der Waals surface area contributed by atoms with Crippen molar-refractivity contribution in [2.45, 2.75) is 57.1 Å². The van der Waals surface area contributed by atoms with E-state index in [2.05, 4.69) is 12.3 Å². The van der Waals surface area contributed by atoms with Gasteiger partial charge in [0.2, 0.25) is 0 Å². The highest BCUT2D eigenvalue weighted by molar-refractivity contribution is 4.93. The van der Waals surface area contributed by atoms with Gasteiger partial charge in [-0.2, -0.15) is 0 Å². The molecule has 0 radical (unpaired) electrons. The number of ether oxygens (including phenoxy) is 1. The molecule has 0 aromatic rings. The monoisotopic (exact) mass is 186 g/mol. The molecule has 0 aliphatic heterocycles. The molecule has 0 bridgehead atoms. The van der Waals surface area contributed by atoms with Crippen molar-refractivity contribution in [3.63, 3.8) is 0 Å². The molecule has 0 aromatic carbocycles. The SMILES string of the molecule is CCC(NN)C1(OC)CCCCC1. The molecule has 78 valence electrons. The molecule has 1 fully saturated rings. The minimum absolute atomic E-state index is 0.00174. The highest BCUT2D eigenvalue weighted by atomic mass is 16.5. The summed E-state index contributed by atoms with van der Waals surface area (Å²) in [7, 11) is 1.81. The average Bonchev–Trinajstić information content (AvgIpc) is 2.21. The Kier molecular flexibility index (Phi) is 4.16. The van der Waals surface area contributed by atoms with E-state index in [0.717, 1.165) is 19.3 Å². The molecule has 0 heterocycles. The van der Waals surface area contributed by atoms with E-state index in [9.17, 15) is 0 Å². The summed E-state index contributed by atoms with van der Waals surface area (Å²) in [5.74, 6) is 5.54. The van der Waals surface area contributed by atoms with Crippen LogP contribution < -0.4 is 11.3 Å². The molecule has 13 heavy (non-hydrogen) atoms. The Morgan fingerprint density at radius 3 is 2.38 bits per heavy atom. The lowest BCUT2D eigenvalue weighted by Gasteiger charge is -2.41. The molecule has 1 saturated carbocycles. The smallest absolute Gasteiger partial charge is 0.0844 e. The molecule has 3 heteroatoms. The van der Waals surface area contributed by atoms with Crippen molar-refractivity contribution in [3.05, 3.63) is 0 Å². The van der Waals surface area contributed by atoms with Crippen LogP contribution in [0.25, 0.3) is 0 Å². The number of methoxy groups -OCH3 is 1. The van der Waals surface area contributed by atoms with Crippen molar-refractivity contribution < 1.29 is 4.74 Å². The van der Waals surface area contributed by atoms with Crippen molar-refractivity contribution in [2.75, 3.05) is 7.11 Å². The van der Waals surface area contributed by atoms with Crippen molar-refractivity contribution in [3.8, 4) is 0 Å².